The summed E-state index contributed by atoms with van der Waals surface area (Å²) in [7, 11) is 0. The quantitative estimate of drug-likeness (QED) is 0.895. The second-order valence-electron chi connectivity index (χ2n) is 7.32. The van der Waals surface area contributed by atoms with Crippen LogP contribution in [0.5, 0.6) is 0 Å². The van der Waals surface area contributed by atoms with E-state index in [4.69, 9.17) is 0 Å². The first kappa shape index (κ1) is 17.5. The molecule has 26 heavy (non-hydrogen) atoms. The van der Waals surface area contributed by atoms with Gasteiger partial charge in [0.15, 0.2) is 0 Å². The number of benzene rings is 1. The van der Waals surface area contributed by atoms with Crippen LogP contribution in [0.15, 0.2) is 24.3 Å². The van der Waals surface area contributed by atoms with E-state index in [9.17, 15) is 9.59 Å². The highest BCUT2D eigenvalue weighted by Crippen LogP contribution is 2.29. The third-order valence-electron chi connectivity index (χ3n) is 5.54. The fourth-order valence-electron chi connectivity index (χ4n) is 4.16. The summed E-state index contributed by atoms with van der Waals surface area (Å²) in [5, 5.41) is 3.91. The van der Waals surface area contributed by atoms with E-state index in [1.165, 1.54) is 6.42 Å². The number of carbonyl (C=O) groups excluding carboxylic acids is 2. The van der Waals surface area contributed by atoms with Crippen LogP contribution < -0.4 is 5.32 Å². The second kappa shape index (κ2) is 7.74. The molecule has 5 nitrogen and oxygen atoms in total. The Bertz CT molecular complexity index is 764. The zero-order valence-corrected chi connectivity index (χ0v) is 15.8. The Morgan fingerprint density at radius 1 is 1.12 bits per heavy atom. The molecule has 2 aliphatic rings. The fraction of sp³-hybridized carbons (Fsp3) is 0.550. The predicted octanol–water partition coefficient (Wildman–Crippen LogP) is 3.48. The van der Waals surface area contributed by atoms with Gasteiger partial charge in [-0.05, 0) is 37.8 Å². The van der Waals surface area contributed by atoms with Gasteiger partial charge in [-0.2, -0.15) is 0 Å². The Balaban J connectivity index is 1.37. The van der Waals surface area contributed by atoms with Crippen molar-refractivity contribution in [2.45, 2.75) is 57.5 Å². The van der Waals surface area contributed by atoms with Gasteiger partial charge < -0.3 is 10.2 Å². The summed E-state index contributed by atoms with van der Waals surface area (Å²) in [6.07, 6.45) is 7.15. The Kier molecular flexibility index (Phi) is 5.20. The molecule has 4 rings (SSSR count). The van der Waals surface area contributed by atoms with Crippen LogP contribution in [0.2, 0.25) is 0 Å². The fourth-order valence-corrected chi connectivity index (χ4v) is 5.07. The molecule has 1 atom stereocenters. The zero-order chi connectivity index (χ0) is 17.9. The van der Waals surface area contributed by atoms with Crippen molar-refractivity contribution in [2.75, 3.05) is 6.54 Å². The molecular formula is C20H25N3O2S. The summed E-state index contributed by atoms with van der Waals surface area (Å²) in [6.45, 7) is 1.15. The number of carbonyl (C=O) groups is 2. The third kappa shape index (κ3) is 3.61. The number of nitrogens with zero attached hydrogens (tertiary/aromatic N) is 2. The minimum Gasteiger partial charge on any atom is -0.348 e. The third-order valence-corrected chi connectivity index (χ3v) is 6.58. The number of rotatable bonds is 4. The van der Waals surface area contributed by atoms with Gasteiger partial charge in [0.25, 0.3) is 0 Å². The zero-order valence-electron chi connectivity index (χ0n) is 14.9. The average molecular weight is 372 g/mol. The van der Waals surface area contributed by atoms with E-state index in [1.54, 1.807) is 11.3 Å². The highest BCUT2D eigenvalue weighted by molar-refractivity contribution is 7.18. The minimum absolute atomic E-state index is 0.0362. The van der Waals surface area contributed by atoms with Crippen molar-refractivity contribution in [1.82, 2.24) is 15.2 Å². The number of aromatic nitrogens is 1. The van der Waals surface area contributed by atoms with Crippen LogP contribution in [-0.2, 0) is 16.1 Å². The van der Waals surface area contributed by atoms with Gasteiger partial charge >= 0.3 is 0 Å². The first-order valence-electron chi connectivity index (χ1n) is 9.65. The lowest BCUT2D eigenvalue weighted by atomic mass is 9.88. The molecule has 2 fully saturated rings. The summed E-state index contributed by atoms with van der Waals surface area (Å²) in [5.74, 6) is 0.287. The van der Waals surface area contributed by atoms with E-state index in [0.29, 0.717) is 13.1 Å². The van der Waals surface area contributed by atoms with Crippen LogP contribution in [-0.4, -0.2) is 34.3 Å². The van der Waals surface area contributed by atoms with Gasteiger partial charge in [0.1, 0.15) is 11.0 Å². The molecule has 6 heteroatoms. The Morgan fingerprint density at radius 3 is 2.73 bits per heavy atom. The van der Waals surface area contributed by atoms with Crippen LogP contribution in [0, 0.1) is 5.92 Å². The molecule has 0 unspecified atom stereocenters. The highest BCUT2D eigenvalue weighted by Gasteiger charge is 2.37. The highest BCUT2D eigenvalue weighted by atomic mass is 32.1. The lowest BCUT2D eigenvalue weighted by molar-refractivity contribution is -0.142. The number of fused-ring (bicyclic) bond motifs is 1. The molecule has 1 aromatic heterocycles. The summed E-state index contributed by atoms with van der Waals surface area (Å²) < 4.78 is 1.13. The maximum Gasteiger partial charge on any atom is 0.243 e. The SMILES string of the molecule is O=C(NCc1nc2ccccc2s1)[C@@H]1CCCN1C(=O)C1CCCCC1. The van der Waals surface area contributed by atoms with Gasteiger partial charge in [0, 0.05) is 12.5 Å². The summed E-state index contributed by atoms with van der Waals surface area (Å²) in [6, 6.07) is 7.69. The van der Waals surface area contributed by atoms with Crippen molar-refractivity contribution >= 4 is 33.4 Å². The average Bonchev–Trinajstić information content (AvgIpc) is 3.33. The molecule has 138 valence electrons. The van der Waals surface area contributed by atoms with E-state index in [2.05, 4.69) is 10.3 Å². The Labute approximate surface area is 157 Å². The van der Waals surface area contributed by atoms with Gasteiger partial charge in [-0.3, -0.25) is 9.59 Å². The van der Waals surface area contributed by atoms with Crippen molar-refractivity contribution in [3.8, 4) is 0 Å². The van der Waals surface area contributed by atoms with Gasteiger partial charge in [0.2, 0.25) is 11.8 Å². The van der Waals surface area contributed by atoms with Crippen LogP contribution >= 0.6 is 11.3 Å². The van der Waals surface area contributed by atoms with Gasteiger partial charge in [0.05, 0.1) is 16.8 Å². The lowest BCUT2D eigenvalue weighted by Crippen LogP contribution is -2.47. The van der Waals surface area contributed by atoms with Gasteiger partial charge in [-0.25, -0.2) is 4.98 Å². The summed E-state index contributed by atoms with van der Waals surface area (Å²) >= 11 is 1.61. The van der Waals surface area contributed by atoms with Crippen molar-refractivity contribution < 1.29 is 9.59 Å². The number of para-hydroxylation sites is 1. The molecule has 1 saturated heterocycles. The van der Waals surface area contributed by atoms with E-state index in [1.807, 2.05) is 29.2 Å². The Morgan fingerprint density at radius 2 is 1.92 bits per heavy atom. The number of nitrogens with one attached hydrogen (secondary N) is 1. The molecule has 2 heterocycles. The number of likely N-dealkylation sites (tertiary alicyclic amines) is 1. The van der Waals surface area contributed by atoms with Crippen LogP contribution in [0.3, 0.4) is 0 Å². The molecule has 1 saturated carbocycles. The summed E-state index contributed by atoms with van der Waals surface area (Å²) in [5.41, 5.74) is 0.969. The predicted molar refractivity (Wildman–Crippen MR) is 103 cm³/mol. The number of hydrogen-bond acceptors (Lipinski definition) is 4. The molecular weight excluding hydrogens is 346 g/mol. The van der Waals surface area contributed by atoms with Crippen molar-refractivity contribution in [3.05, 3.63) is 29.3 Å². The first-order valence-corrected chi connectivity index (χ1v) is 10.5. The molecule has 2 amide bonds. The van der Waals surface area contributed by atoms with Crippen LogP contribution in [0.1, 0.15) is 50.0 Å². The van der Waals surface area contributed by atoms with E-state index in [0.717, 1.165) is 53.7 Å². The minimum atomic E-state index is -0.307. The molecule has 1 aromatic carbocycles. The smallest absolute Gasteiger partial charge is 0.243 e. The van der Waals surface area contributed by atoms with E-state index in [-0.39, 0.29) is 23.8 Å². The number of thiazole rings is 1. The topological polar surface area (TPSA) is 62.3 Å². The molecule has 0 spiro atoms. The number of amides is 2. The summed E-state index contributed by atoms with van der Waals surface area (Å²) in [4.78, 5) is 31.9. The lowest BCUT2D eigenvalue weighted by Gasteiger charge is -2.30. The van der Waals surface area contributed by atoms with Crippen molar-refractivity contribution in [1.29, 1.82) is 0 Å². The standard InChI is InChI=1S/C20H25N3O2S/c24-19(21-13-18-22-15-9-4-5-11-17(15)26-18)16-10-6-12-23(16)20(25)14-7-2-1-3-8-14/h4-5,9,11,14,16H,1-3,6-8,10,12-13H2,(H,21,24)/t16-/m0/s1. The molecule has 0 radical (unpaired) electrons. The monoisotopic (exact) mass is 371 g/mol. The maximum atomic E-state index is 12.8. The van der Waals surface area contributed by atoms with E-state index >= 15 is 0 Å². The number of hydrogen-bond donors (Lipinski definition) is 1. The largest absolute Gasteiger partial charge is 0.348 e. The molecule has 1 aliphatic carbocycles. The normalized spacial score (nSPS) is 21.2. The molecule has 1 aliphatic heterocycles. The van der Waals surface area contributed by atoms with Crippen molar-refractivity contribution in [2.24, 2.45) is 5.92 Å². The van der Waals surface area contributed by atoms with E-state index < -0.39 is 0 Å². The molecule has 2 aromatic rings. The molecule has 0 bridgehead atoms. The maximum absolute atomic E-state index is 12.8. The van der Waals surface area contributed by atoms with Crippen molar-refractivity contribution in [3.63, 3.8) is 0 Å². The van der Waals surface area contributed by atoms with Gasteiger partial charge in [-0.1, -0.05) is 31.4 Å². The Hall–Kier alpha value is -1.95. The second-order valence-corrected chi connectivity index (χ2v) is 8.43. The van der Waals surface area contributed by atoms with Crippen LogP contribution in [0.4, 0.5) is 0 Å². The first-order chi connectivity index (χ1) is 12.7. The molecule has 1 N–H and O–H groups in total. The van der Waals surface area contributed by atoms with Crippen LogP contribution in [0.25, 0.3) is 10.2 Å². The van der Waals surface area contributed by atoms with Gasteiger partial charge in [-0.15, -0.1) is 11.3 Å².